The summed E-state index contributed by atoms with van der Waals surface area (Å²) < 4.78 is 0. The van der Waals surface area contributed by atoms with Crippen LogP contribution in [0.3, 0.4) is 0 Å². The van der Waals surface area contributed by atoms with Crippen molar-refractivity contribution >= 4 is 23.4 Å². The standard InChI is InChI=1S/C21H24ClN3O2/c22-19-9-5-4-8-18(19)21(27)23-14-20(26)24-17-10-12-25(13-11-17)15-16-6-2-1-3-7-16/h1-9,17H,10-15H2,(H,23,27)(H,24,26)/p+1. The molecule has 6 heteroatoms. The van der Waals surface area contributed by atoms with E-state index in [1.807, 2.05) is 6.07 Å². The van der Waals surface area contributed by atoms with Crippen LogP contribution in [-0.4, -0.2) is 37.5 Å². The minimum atomic E-state index is -0.335. The van der Waals surface area contributed by atoms with Gasteiger partial charge in [-0.3, -0.25) is 9.59 Å². The molecule has 0 bridgehead atoms. The summed E-state index contributed by atoms with van der Waals surface area (Å²) in [6, 6.07) is 17.5. The third-order valence-corrected chi connectivity index (χ3v) is 5.21. The van der Waals surface area contributed by atoms with Crippen molar-refractivity contribution in [2.24, 2.45) is 0 Å². The van der Waals surface area contributed by atoms with E-state index in [9.17, 15) is 9.59 Å². The van der Waals surface area contributed by atoms with E-state index in [0.29, 0.717) is 10.6 Å². The largest absolute Gasteiger partial charge is 0.351 e. The second kappa shape index (κ2) is 9.53. The molecule has 1 fully saturated rings. The average molecular weight is 387 g/mol. The highest BCUT2D eigenvalue weighted by Crippen LogP contribution is 2.14. The first-order chi connectivity index (χ1) is 13.1. The summed E-state index contributed by atoms with van der Waals surface area (Å²) in [6.07, 6.45) is 1.90. The third-order valence-electron chi connectivity index (χ3n) is 4.88. The van der Waals surface area contributed by atoms with Gasteiger partial charge in [0.15, 0.2) is 0 Å². The van der Waals surface area contributed by atoms with Crippen LogP contribution in [-0.2, 0) is 11.3 Å². The van der Waals surface area contributed by atoms with E-state index in [2.05, 4.69) is 34.9 Å². The number of carbonyl (C=O) groups excluding carboxylic acids is 2. The van der Waals surface area contributed by atoms with Gasteiger partial charge in [0, 0.05) is 24.4 Å². The Kier molecular flexibility index (Phi) is 6.85. The van der Waals surface area contributed by atoms with Gasteiger partial charge in [0.05, 0.1) is 30.2 Å². The van der Waals surface area contributed by atoms with Gasteiger partial charge in [-0.05, 0) is 12.1 Å². The van der Waals surface area contributed by atoms with Crippen LogP contribution in [0.2, 0.25) is 5.02 Å². The fraction of sp³-hybridized carbons (Fsp3) is 0.333. The fourth-order valence-electron chi connectivity index (χ4n) is 3.41. The van der Waals surface area contributed by atoms with Gasteiger partial charge in [-0.2, -0.15) is 0 Å². The number of likely N-dealkylation sites (tertiary alicyclic amines) is 1. The normalized spacial score (nSPS) is 19.3. The molecule has 0 saturated carbocycles. The molecule has 0 atom stereocenters. The van der Waals surface area contributed by atoms with Crippen LogP contribution in [0.25, 0.3) is 0 Å². The van der Waals surface area contributed by atoms with Crippen LogP contribution in [0, 0.1) is 0 Å². The highest BCUT2D eigenvalue weighted by atomic mass is 35.5. The first-order valence-electron chi connectivity index (χ1n) is 9.31. The lowest BCUT2D eigenvalue weighted by Crippen LogP contribution is -3.12. The Balaban J connectivity index is 1.38. The van der Waals surface area contributed by atoms with Crippen LogP contribution < -0.4 is 15.5 Å². The Hall–Kier alpha value is -2.37. The second-order valence-electron chi connectivity index (χ2n) is 6.92. The number of hydrogen-bond donors (Lipinski definition) is 3. The van der Waals surface area contributed by atoms with Gasteiger partial charge < -0.3 is 15.5 Å². The molecule has 0 unspecified atom stereocenters. The molecule has 1 saturated heterocycles. The smallest absolute Gasteiger partial charge is 0.253 e. The summed E-state index contributed by atoms with van der Waals surface area (Å²) >= 11 is 6.00. The average Bonchev–Trinajstić information content (AvgIpc) is 2.69. The van der Waals surface area contributed by atoms with Crippen molar-refractivity contribution in [1.82, 2.24) is 10.6 Å². The number of quaternary nitrogens is 1. The van der Waals surface area contributed by atoms with Crippen LogP contribution in [0.1, 0.15) is 28.8 Å². The van der Waals surface area contributed by atoms with E-state index >= 15 is 0 Å². The van der Waals surface area contributed by atoms with Crippen molar-refractivity contribution in [3.8, 4) is 0 Å². The quantitative estimate of drug-likeness (QED) is 0.703. The molecule has 0 spiro atoms. The summed E-state index contributed by atoms with van der Waals surface area (Å²) in [5, 5.41) is 6.03. The lowest BCUT2D eigenvalue weighted by atomic mass is 10.0. The number of hydrogen-bond acceptors (Lipinski definition) is 2. The van der Waals surface area contributed by atoms with E-state index in [1.165, 1.54) is 5.56 Å². The summed E-state index contributed by atoms with van der Waals surface area (Å²) in [5.41, 5.74) is 1.72. The minimum Gasteiger partial charge on any atom is -0.351 e. The van der Waals surface area contributed by atoms with E-state index in [4.69, 9.17) is 11.6 Å². The lowest BCUT2D eigenvalue weighted by molar-refractivity contribution is -0.918. The Morgan fingerprint density at radius 2 is 1.67 bits per heavy atom. The summed E-state index contributed by atoms with van der Waals surface area (Å²) in [6.45, 7) is 3.05. The summed E-state index contributed by atoms with van der Waals surface area (Å²) in [5.74, 6) is -0.496. The van der Waals surface area contributed by atoms with Gasteiger partial charge in [-0.1, -0.05) is 54.1 Å². The van der Waals surface area contributed by atoms with Crippen molar-refractivity contribution < 1.29 is 14.5 Å². The van der Waals surface area contributed by atoms with Gasteiger partial charge in [0.25, 0.3) is 5.91 Å². The van der Waals surface area contributed by atoms with Crippen molar-refractivity contribution in [2.45, 2.75) is 25.4 Å². The van der Waals surface area contributed by atoms with Crippen molar-refractivity contribution in [3.05, 3.63) is 70.7 Å². The zero-order chi connectivity index (χ0) is 19.1. The number of nitrogens with one attached hydrogen (secondary N) is 3. The third kappa shape index (κ3) is 5.81. The van der Waals surface area contributed by atoms with E-state index in [0.717, 1.165) is 32.5 Å². The highest BCUT2D eigenvalue weighted by molar-refractivity contribution is 6.33. The molecule has 1 aliphatic heterocycles. The predicted molar refractivity (Wildman–Crippen MR) is 106 cm³/mol. The number of carbonyl (C=O) groups is 2. The SMILES string of the molecule is O=C(CNC(=O)c1ccccc1Cl)NC1CC[NH+](Cc2ccccc2)CC1. The zero-order valence-corrected chi connectivity index (χ0v) is 16.0. The Morgan fingerprint density at radius 1 is 1.00 bits per heavy atom. The molecule has 3 rings (SSSR count). The fourth-order valence-corrected chi connectivity index (χ4v) is 3.63. The summed E-state index contributed by atoms with van der Waals surface area (Å²) in [4.78, 5) is 25.8. The van der Waals surface area contributed by atoms with E-state index in [1.54, 1.807) is 29.2 Å². The number of piperidine rings is 1. The van der Waals surface area contributed by atoms with Gasteiger partial charge >= 0.3 is 0 Å². The number of halogens is 1. The molecule has 1 aliphatic rings. The molecule has 142 valence electrons. The minimum absolute atomic E-state index is 0.0405. The zero-order valence-electron chi connectivity index (χ0n) is 15.2. The molecule has 2 aromatic carbocycles. The number of benzene rings is 2. The Morgan fingerprint density at radius 3 is 2.37 bits per heavy atom. The molecule has 0 aromatic heterocycles. The predicted octanol–water partition coefficient (Wildman–Crippen LogP) is 1.43. The molecule has 27 heavy (non-hydrogen) atoms. The molecular formula is C21H25ClN3O2+. The van der Waals surface area contributed by atoms with E-state index < -0.39 is 0 Å². The van der Waals surface area contributed by atoms with Crippen LogP contribution in [0.15, 0.2) is 54.6 Å². The molecule has 3 N–H and O–H groups in total. The van der Waals surface area contributed by atoms with Crippen molar-refractivity contribution in [2.75, 3.05) is 19.6 Å². The van der Waals surface area contributed by atoms with Crippen LogP contribution in [0.5, 0.6) is 0 Å². The first kappa shape index (κ1) is 19.4. The van der Waals surface area contributed by atoms with Crippen molar-refractivity contribution in [3.63, 3.8) is 0 Å². The second-order valence-corrected chi connectivity index (χ2v) is 7.32. The molecule has 2 aromatic rings. The van der Waals surface area contributed by atoms with Gasteiger partial charge in [0.2, 0.25) is 5.91 Å². The molecule has 0 radical (unpaired) electrons. The highest BCUT2D eigenvalue weighted by Gasteiger charge is 2.23. The number of rotatable bonds is 6. The monoisotopic (exact) mass is 386 g/mol. The van der Waals surface area contributed by atoms with Crippen LogP contribution in [0.4, 0.5) is 0 Å². The van der Waals surface area contributed by atoms with Gasteiger partial charge in [-0.25, -0.2) is 0 Å². The topological polar surface area (TPSA) is 62.6 Å². The van der Waals surface area contributed by atoms with Crippen LogP contribution >= 0.6 is 11.6 Å². The maximum atomic E-state index is 12.1. The Labute approximate surface area is 164 Å². The molecule has 2 amide bonds. The molecule has 5 nitrogen and oxygen atoms in total. The maximum Gasteiger partial charge on any atom is 0.253 e. The Bertz CT molecular complexity index is 774. The molecule has 1 heterocycles. The van der Waals surface area contributed by atoms with Gasteiger partial charge in [-0.15, -0.1) is 0 Å². The van der Waals surface area contributed by atoms with Gasteiger partial charge in [0.1, 0.15) is 6.54 Å². The summed E-state index contributed by atoms with van der Waals surface area (Å²) in [7, 11) is 0. The van der Waals surface area contributed by atoms with E-state index in [-0.39, 0.29) is 24.4 Å². The molecular weight excluding hydrogens is 362 g/mol. The van der Waals surface area contributed by atoms with Crippen molar-refractivity contribution in [1.29, 1.82) is 0 Å². The first-order valence-corrected chi connectivity index (χ1v) is 9.69. The maximum absolute atomic E-state index is 12.1. The number of amides is 2. The lowest BCUT2D eigenvalue weighted by Gasteiger charge is -2.29. The molecule has 0 aliphatic carbocycles.